The van der Waals surface area contributed by atoms with Gasteiger partial charge in [-0.05, 0) is 18.2 Å². The molecule has 0 spiro atoms. The van der Waals surface area contributed by atoms with E-state index in [9.17, 15) is 18.0 Å². The molecule has 9 heteroatoms. The molecule has 0 saturated heterocycles. The fourth-order valence-electron chi connectivity index (χ4n) is 2.27. The van der Waals surface area contributed by atoms with Gasteiger partial charge in [0.2, 0.25) is 15.8 Å². The Hall–Kier alpha value is -3.33. The summed E-state index contributed by atoms with van der Waals surface area (Å²) in [4.78, 5) is 23.2. The van der Waals surface area contributed by atoms with Crippen LogP contribution in [0.1, 0.15) is 10.6 Å². The maximum absolute atomic E-state index is 12.2. The minimum atomic E-state index is -3.66. The number of para-hydroxylation sites is 1. The van der Waals surface area contributed by atoms with Gasteiger partial charge in [-0.3, -0.25) is 9.52 Å². The molecule has 8 nitrogen and oxygen atoms in total. The predicted molar refractivity (Wildman–Crippen MR) is 94.4 cm³/mol. The number of fused-ring (bicyclic) bond motifs is 1. The summed E-state index contributed by atoms with van der Waals surface area (Å²) in [6.07, 6.45) is 0.952. The predicted octanol–water partition coefficient (Wildman–Crippen LogP) is 2.66. The quantitative estimate of drug-likeness (QED) is 0.703. The number of hydrogen-bond donors (Lipinski definition) is 2. The van der Waals surface area contributed by atoms with Crippen molar-refractivity contribution in [1.29, 1.82) is 0 Å². The lowest BCUT2D eigenvalue weighted by Gasteiger charge is -2.13. The van der Waals surface area contributed by atoms with Crippen LogP contribution in [0.4, 0.5) is 5.69 Å². The van der Waals surface area contributed by atoms with E-state index in [1.54, 1.807) is 30.3 Å². The van der Waals surface area contributed by atoms with E-state index in [2.05, 4.69) is 4.72 Å². The zero-order valence-corrected chi connectivity index (χ0v) is 14.2. The van der Waals surface area contributed by atoms with Crippen molar-refractivity contribution < 1.29 is 27.5 Å². The van der Waals surface area contributed by atoms with Gasteiger partial charge in [0.1, 0.15) is 11.3 Å². The van der Waals surface area contributed by atoms with E-state index in [0.717, 1.165) is 12.3 Å². The number of carboxylic acid groups (broad SMARTS) is 1. The van der Waals surface area contributed by atoms with Crippen LogP contribution in [0.25, 0.3) is 11.0 Å². The minimum Gasteiger partial charge on any atom is -0.475 e. The molecule has 1 aromatic heterocycles. The van der Waals surface area contributed by atoms with Gasteiger partial charge in [-0.1, -0.05) is 18.2 Å². The first kappa shape index (κ1) is 17.5. The maximum atomic E-state index is 12.2. The first-order chi connectivity index (χ1) is 12.2. The molecule has 0 fully saturated rings. The molecule has 3 aromatic rings. The lowest BCUT2D eigenvalue weighted by atomic mass is 10.2. The molecule has 0 radical (unpaired) electrons. The molecule has 26 heavy (non-hydrogen) atoms. The Morgan fingerprint density at radius 3 is 2.46 bits per heavy atom. The molecule has 0 aliphatic rings. The molecule has 0 unspecified atom stereocenters. The molecule has 2 N–H and O–H groups in total. The van der Waals surface area contributed by atoms with Crippen molar-refractivity contribution in [3.05, 3.63) is 64.5 Å². The first-order valence-electron chi connectivity index (χ1n) is 7.29. The second kappa shape index (κ2) is 6.52. The first-order valence-corrected chi connectivity index (χ1v) is 9.18. The molecule has 0 saturated carbocycles. The van der Waals surface area contributed by atoms with Crippen molar-refractivity contribution in [2.45, 2.75) is 0 Å². The van der Waals surface area contributed by atoms with Crippen LogP contribution in [0.15, 0.2) is 57.7 Å². The van der Waals surface area contributed by atoms with E-state index in [-0.39, 0.29) is 22.4 Å². The summed E-state index contributed by atoms with van der Waals surface area (Å²) in [6, 6.07) is 11.9. The summed E-state index contributed by atoms with van der Waals surface area (Å²) in [6.45, 7) is 0. The molecule has 3 rings (SSSR count). The van der Waals surface area contributed by atoms with Crippen LogP contribution in [-0.2, 0) is 10.0 Å². The highest BCUT2D eigenvalue weighted by Gasteiger charge is 2.17. The molecule has 0 aliphatic heterocycles. The summed E-state index contributed by atoms with van der Waals surface area (Å²) in [5, 5.41) is 9.06. The number of nitrogens with one attached hydrogen (secondary N) is 1. The van der Waals surface area contributed by atoms with E-state index in [0.29, 0.717) is 5.75 Å². The van der Waals surface area contributed by atoms with E-state index < -0.39 is 27.2 Å². The van der Waals surface area contributed by atoms with Crippen molar-refractivity contribution in [2.24, 2.45) is 0 Å². The van der Waals surface area contributed by atoms with Crippen LogP contribution < -0.4 is 14.9 Å². The molecular formula is C17H13NO7S. The smallest absolute Gasteiger partial charge is 0.371 e. The summed E-state index contributed by atoms with van der Waals surface area (Å²) in [7, 11) is -3.66. The van der Waals surface area contributed by atoms with E-state index in [1.807, 2.05) is 0 Å². The maximum Gasteiger partial charge on any atom is 0.371 e. The highest BCUT2D eigenvalue weighted by Crippen LogP contribution is 2.33. The van der Waals surface area contributed by atoms with E-state index >= 15 is 0 Å². The Balaban J connectivity index is 2.22. The van der Waals surface area contributed by atoms with Crippen LogP contribution in [-0.4, -0.2) is 25.7 Å². The second-order valence-electron chi connectivity index (χ2n) is 5.41. The molecular weight excluding hydrogens is 362 g/mol. The van der Waals surface area contributed by atoms with Crippen molar-refractivity contribution in [3.63, 3.8) is 0 Å². The van der Waals surface area contributed by atoms with Gasteiger partial charge in [0.05, 0.1) is 17.3 Å². The number of sulfonamides is 1. The summed E-state index contributed by atoms with van der Waals surface area (Å²) in [5.74, 6) is -1.46. The number of aromatic carboxylic acids is 1. The zero-order chi connectivity index (χ0) is 18.9. The Bertz CT molecular complexity index is 1150. The molecule has 0 amide bonds. The molecule has 1 heterocycles. The van der Waals surface area contributed by atoms with Crippen LogP contribution in [0.5, 0.6) is 11.5 Å². The van der Waals surface area contributed by atoms with Gasteiger partial charge >= 0.3 is 5.97 Å². The highest BCUT2D eigenvalue weighted by molar-refractivity contribution is 7.92. The van der Waals surface area contributed by atoms with E-state index in [1.165, 1.54) is 12.1 Å². The standard InChI is InChI=1S/C17H13NO7S/c1-26(22,23)18-12-8-14-11(13(19)9-16(25-14)17(20)21)7-15(12)24-10-5-3-2-4-6-10/h2-9,18H,1H3,(H,20,21). The topological polar surface area (TPSA) is 123 Å². The fraction of sp³-hybridized carbons (Fsp3) is 0.0588. The number of carboxylic acids is 1. The van der Waals surface area contributed by atoms with Gasteiger partial charge in [-0.2, -0.15) is 0 Å². The largest absolute Gasteiger partial charge is 0.475 e. The number of benzene rings is 2. The number of carbonyl (C=O) groups is 1. The van der Waals surface area contributed by atoms with Crippen LogP contribution in [0.2, 0.25) is 0 Å². The fourth-order valence-corrected chi connectivity index (χ4v) is 2.83. The van der Waals surface area contributed by atoms with Crippen LogP contribution in [0.3, 0.4) is 0 Å². The third kappa shape index (κ3) is 3.83. The van der Waals surface area contributed by atoms with Gasteiger partial charge in [0.15, 0.2) is 11.2 Å². The van der Waals surface area contributed by atoms with Crippen molar-refractivity contribution in [3.8, 4) is 11.5 Å². The van der Waals surface area contributed by atoms with Crippen LogP contribution >= 0.6 is 0 Å². The van der Waals surface area contributed by atoms with Gasteiger partial charge in [0.25, 0.3) is 0 Å². The number of ether oxygens (including phenoxy) is 1. The van der Waals surface area contributed by atoms with Crippen molar-refractivity contribution in [1.82, 2.24) is 0 Å². The monoisotopic (exact) mass is 375 g/mol. The third-order valence-electron chi connectivity index (χ3n) is 3.31. The second-order valence-corrected chi connectivity index (χ2v) is 7.16. The van der Waals surface area contributed by atoms with Gasteiger partial charge in [0, 0.05) is 12.1 Å². The normalized spacial score (nSPS) is 11.3. The Labute approximate surface area is 147 Å². The molecule has 0 atom stereocenters. The number of anilines is 1. The third-order valence-corrected chi connectivity index (χ3v) is 3.90. The zero-order valence-electron chi connectivity index (χ0n) is 13.4. The summed E-state index contributed by atoms with van der Waals surface area (Å²) >= 11 is 0. The Morgan fingerprint density at radius 2 is 1.85 bits per heavy atom. The minimum absolute atomic E-state index is 0.00884. The Kier molecular flexibility index (Phi) is 4.39. The molecule has 134 valence electrons. The van der Waals surface area contributed by atoms with E-state index in [4.69, 9.17) is 14.3 Å². The number of rotatable bonds is 5. The van der Waals surface area contributed by atoms with Crippen molar-refractivity contribution in [2.75, 3.05) is 11.0 Å². The lowest BCUT2D eigenvalue weighted by molar-refractivity contribution is 0.0663. The van der Waals surface area contributed by atoms with Crippen molar-refractivity contribution >= 4 is 32.6 Å². The summed E-state index contributed by atoms with van der Waals surface area (Å²) in [5.41, 5.74) is -0.663. The lowest BCUT2D eigenvalue weighted by Crippen LogP contribution is -2.12. The molecule has 0 aliphatic carbocycles. The molecule has 2 aromatic carbocycles. The molecule has 0 bridgehead atoms. The highest BCUT2D eigenvalue weighted by atomic mass is 32.2. The Morgan fingerprint density at radius 1 is 1.15 bits per heavy atom. The van der Waals surface area contributed by atoms with Gasteiger partial charge < -0.3 is 14.3 Å². The van der Waals surface area contributed by atoms with Gasteiger partial charge in [-0.15, -0.1) is 0 Å². The van der Waals surface area contributed by atoms with Gasteiger partial charge in [-0.25, -0.2) is 13.2 Å². The van der Waals surface area contributed by atoms with Crippen LogP contribution in [0, 0.1) is 0 Å². The SMILES string of the molecule is CS(=O)(=O)Nc1cc2oc(C(=O)O)cc(=O)c2cc1Oc1ccccc1. The average Bonchev–Trinajstić information content (AvgIpc) is 2.55. The number of hydrogen-bond acceptors (Lipinski definition) is 6. The summed E-state index contributed by atoms with van der Waals surface area (Å²) < 4.78 is 36.4. The average molecular weight is 375 g/mol.